The van der Waals surface area contributed by atoms with Crippen LogP contribution in [0.5, 0.6) is 0 Å². The third kappa shape index (κ3) is 3.95. The van der Waals surface area contributed by atoms with Crippen LogP contribution in [-0.2, 0) is 9.53 Å². The molecule has 0 radical (unpaired) electrons. The van der Waals surface area contributed by atoms with Gasteiger partial charge in [-0.1, -0.05) is 47.5 Å². The van der Waals surface area contributed by atoms with Crippen molar-refractivity contribution in [1.82, 2.24) is 5.32 Å². The summed E-state index contributed by atoms with van der Waals surface area (Å²) in [5.74, 6) is -0.540. The first-order valence-electron chi connectivity index (χ1n) is 8.37. The third-order valence-corrected chi connectivity index (χ3v) is 4.75. The molecule has 1 heterocycles. The molecule has 5 heteroatoms. The molecular weight excluding hydrogens is 369 g/mol. The predicted octanol–water partition coefficient (Wildman–Crippen LogP) is 5.56. The summed E-state index contributed by atoms with van der Waals surface area (Å²) in [4.78, 5) is 12.6. The van der Waals surface area contributed by atoms with Gasteiger partial charge in [0, 0.05) is 27.4 Å². The number of ether oxygens (including phenoxy) is 1. The van der Waals surface area contributed by atoms with Crippen molar-refractivity contribution in [3.63, 3.8) is 0 Å². The fourth-order valence-corrected chi connectivity index (χ4v) is 3.27. The Bertz CT molecular complexity index is 868. The minimum absolute atomic E-state index is 0.224. The number of benzene rings is 2. The fraction of sp³-hybridized carbons (Fsp3) is 0.190. The summed E-state index contributed by atoms with van der Waals surface area (Å²) in [6.45, 7) is 4.02. The van der Waals surface area contributed by atoms with Crippen LogP contribution in [0.25, 0.3) is 5.70 Å². The van der Waals surface area contributed by atoms with E-state index in [2.05, 4.69) is 5.32 Å². The van der Waals surface area contributed by atoms with Crippen molar-refractivity contribution in [3.8, 4) is 0 Å². The van der Waals surface area contributed by atoms with Crippen molar-refractivity contribution in [2.75, 3.05) is 6.61 Å². The molecule has 0 spiro atoms. The van der Waals surface area contributed by atoms with Crippen LogP contribution in [0.4, 0.5) is 0 Å². The first-order chi connectivity index (χ1) is 12.5. The highest BCUT2D eigenvalue weighted by molar-refractivity contribution is 6.30. The number of nitrogens with one attached hydrogen (secondary N) is 1. The van der Waals surface area contributed by atoms with E-state index in [0.29, 0.717) is 22.2 Å². The van der Waals surface area contributed by atoms with E-state index >= 15 is 0 Å². The SMILES string of the molecule is CCOC(=O)C1=C(C)NC(c2ccc(Cl)cc2)=CC1c1ccc(Cl)cc1. The van der Waals surface area contributed by atoms with E-state index in [1.54, 1.807) is 6.92 Å². The van der Waals surface area contributed by atoms with Gasteiger partial charge in [-0.2, -0.15) is 0 Å². The normalized spacial score (nSPS) is 16.8. The zero-order valence-corrected chi connectivity index (χ0v) is 16.1. The maximum Gasteiger partial charge on any atom is 0.336 e. The summed E-state index contributed by atoms with van der Waals surface area (Å²) in [5.41, 5.74) is 4.27. The van der Waals surface area contributed by atoms with E-state index in [-0.39, 0.29) is 11.9 Å². The van der Waals surface area contributed by atoms with Crippen molar-refractivity contribution >= 4 is 34.9 Å². The minimum Gasteiger partial charge on any atom is -0.463 e. The molecule has 3 rings (SSSR count). The molecule has 3 nitrogen and oxygen atoms in total. The molecule has 134 valence electrons. The quantitative estimate of drug-likeness (QED) is 0.697. The Morgan fingerprint density at radius 2 is 1.62 bits per heavy atom. The van der Waals surface area contributed by atoms with Crippen LogP contribution >= 0.6 is 23.2 Å². The van der Waals surface area contributed by atoms with Crippen LogP contribution in [0.15, 0.2) is 65.9 Å². The molecule has 0 saturated carbocycles. The number of hydrogen-bond donors (Lipinski definition) is 1. The van der Waals surface area contributed by atoms with Crippen LogP contribution in [0.2, 0.25) is 10.0 Å². The molecule has 0 aliphatic carbocycles. The first kappa shape index (κ1) is 18.6. The number of hydrogen-bond acceptors (Lipinski definition) is 3. The van der Waals surface area contributed by atoms with Crippen molar-refractivity contribution in [1.29, 1.82) is 0 Å². The van der Waals surface area contributed by atoms with E-state index in [4.69, 9.17) is 27.9 Å². The van der Waals surface area contributed by atoms with E-state index in [9.17, 15) is 4.79 Å². The highest BCUT2D eigenvalue weighted by atomic mass is 35.5. The van der Waals surface area contributed by atoms with E-state index in [1.807, 2.05) is 61.5 Å². The lowest BCUT2D eigenvalue weighted by molar-refractivity contribution is -0.138. The van der Waals surface area contributed by atoms with Gasteiger partial charge in [-0.15, -0.1) is 0 Å². The summed E-state index contributed by atoms with van der Waals surface area (Å²) in [6, 6.07) is 15.1. The Balaban J connectivity index is 2.06. The van der Waals surface area contributed by atoms with Gasteiger partial charge < -0.3 is 10.1 Å². The molecule has 0 fully saturated rings. The molecule has 0 aromatic heterocycles. The number of carbonyl (C=O) groups excluding carboxylic acids is 1. The van der Waals surface area contributed by atoms with Crippen LogP contribution in [0, 0.1) is 0 Å². The van der Waals surface area contributed by atoms with Crippen LogP contribution in [-0.4, -0.2) is 12.6 Å². The van der Waals surface area contributed by atoms with Crippen molar-refractivity contribution in [2.24, 2.45) is 0 Å². The van der Waals surface area contributed by atoms with E-state index in [0.717, 1.165) is 22.5 Å². The summed E-state index contributed by atoms with van der Waals surface area (Å²) in [6.07, 6.45) is 2.03. The Labute approximate surface area is 163 Å². The van der Waals surface area contributed by atoms with Crippen molar-refractivity contribution in [3.05, 3.63) is 87.0 Å². The van der Waals surface area contributed by atoms with Gasteiger partial charge in [0.15, 0.2) is 0 Å². The molecule has 0 amide bonds. The molecule has 1 atom stereocenters. The van der Waals surface area contributed by atoms with Gasteiger partial charge in [-0.05, 0) is 55.3 Å². The molecule has 0 saturated heterocycles. The third-order valence-electron chi connectivity index (χ3n) is 4.25. The lowest BCUT2D eigenvalue weighted by Gasteiger charge is -2.27. The largest absolute Gasteiger partial charge is 0.463 e. The highest BCUT2D eigenvalue weighted by Crippen LogP contribution is 2.36. The Morgan fingerprint density at radius 1 is 1.04 bits per heavy atom. The molecule has 1 aliphatic heterocycles. The number of halogens is 2. The molecule has 1 aliphatic rings. The molecular formula is C21H19Cl2NO2. The molecule has 0 bridgehead atoms. The Hall–Kier alpha value is -2.23. The predicted molar refractivity (Wildman–Crippen MR) is 106 cm³/mol. The number of allylic oxidation sites excluding steroid dienone is 2. The minimum atomic E-state index is -0.316. The Morgan fingerprint density at radius 3 is 2.19 bits per heavy atom. The molecule has 2 aromatic rings. The van der Waals surface area contributed by atoms with Crippen molar-refractivity contribution < 1.29 is 9.53 Å². The number of dihydropyridines is 1. The number of esters is 1. The monoisotopic (exact) mass is 387 g/mol. The zero-order valence-electron chi connectivity index (χ0n) is 14.6. The van der Waals surface area contributed by atoms with Gasteiger partial charge in [0.1, 0.15) is 0 Å². The van der Waals surface area contributed by atoms with Crippen molar-refractivity contribution in [2.45, 2.75) is 19.8 Å². The first-order valence-corrected chi connectivity index (χ1v) is 9.13. The standard InChI is InChI=1S/C21H19Cl2NO2/c1-3-26-21(25)20-13(2)24-19(15-6-10-17(23)11-7-15)12-18(20)14-4-8-16(22)9-5-14/h4-12,18,24H,3H2,1-2H3. The average Bonchev–Trinajstić information content (AvgIpc) is 2.62. The maximum absolute atomic E-state index is 12.6. The summed E-state index contributed by atoms with van der Waals surface area (Å²) in [7, 11) is 0. The van der Waals surface area contributed by atoms with Gasteiger partial charge >= 0.3 is 5.97 Å². The lowest BCUT2D eigenvalue weighted by atomic mass is 9.86. The second-order valence-corrected chi connectivity index (χ2v) is 6.87. The van der Waals surface area contributed by atoms with Gasteiger partial charge in [-0.3, -0.25) is 0 Å². The zero-order chi connectivity index (χ0) is 18.7. The topological polar surface area (TPSA) is 38.3 Å². The highest BCUT2D eigenvalue weighted by Gasteiger charge is 2.29. The van der Waals surface area contributed by atoms with Crippen LogP contribution in [0.1, 0.15) is 30.9 Å². The molecule has 1 N–H and O–H groups in total. The molecule has 1 unspecified atom stereocenters. The van der Waals surface area contributed by atoms with E-state index < -0.39 is 0 Å². The number of rotatable bonds is 4. The van der Waals surface area contributed by atoms with Gasteiger partial charge in [-0.25, -0.2) is 4.79 Å². The second kappa shape index (κ2) is 7.98. The van der Waals surface area contributed by atoms with Crippen LogP contribution < -0.4 is 5.32 Å². The summed E-state index contributed by atoms with van der Waals surface area (Å²) >= 11 is 12.0. The van der Waals surface area contributed by atoms with Gasteiger partial charge in [0.2, 0.25) is 0 Å². The second-order valence-electron chi connectivity index (χ2n) is 6.00. The van der Waals surface area contributed by atoms with Gasteiger partial charge in [0.05, 0.1) is 12.2 Å². The smallest absolute Gasteiger partial charge is 0.336 e. The van der Waals surface area contributed by atoms with Gasteiger partial charge in [0.25, 0.3) is 0 Å². The number of carbonyl (C=O) groups is 1. The average molecular weight is 388 g/mol. The molecule has 26 heavy (non-hydrogen) atoms. The maximum atomic E-state index is 12.6. The summed E-state index contributed by atoms with van der Waals surface area (Å²) in [5, 5.41) is 4.66. The Kier molecular flexibility index (Phi) is 5.70. The van der Waals surface area contributed by atoms with Crippen LogP contribution in [0.3, 0.4) is 0 Å². The summed E-state index contributed by atoms with van der Waals surface area (Å²) < 4.78 is 5.27. The molecule has 2 aromatic carbocycles. The fourth-order valence-electron chi connectivity index (χ4n) is 3.01. The van der Waals surface area contributed by atoms with E-state index in [1.165, 1.54) is 0 Å². The lowest BCUT2D eigenvalue weighted by Crippen LogP contribution is -2.26.